The van der Waals surface area contributed by atoms with E-state index >= 15 is 0 Å². The van der Waals surface area contributed by atoms with Crippen molar-refractivity contribution >= 4 is 28.7 Å². The Morgan fingerprint density at radius 2 is 1.82 bits per heavy atom. The van der Waals surface area contributed by atoms with Crippen LogP contribution in [0.25, 0.3) is 10.9 Å². The number of aromatic amines is 1. The van der Waals surface area contributed by atoms with Crippen LogP contribution in [0.5, 0.6) is 0 Å². The minimum Gasteiger partial charge on any atom is -0.339 e. The van der Waals surface area contributed by atoms with Gasteiger partial charge in [0.1, 0.15) is 11.4 Å². The molecule has 8 nitrogen and oxygen atoms in total. The molecule has 0 saturated carbocycles. The molecule has 4 amide bonds. The SMILES string of the molecule is CC(C)[C@]1(c2ccc(C(=O)N3CCC(c4[nH]nc5cc(F)ccc45)CC3)cc2)NC(=O)NC1=O. The Bertz CT molecular complexity index is 1280. The molecule has 2 fully saturated rings. The van der Waals surface area contributed by atoms with Crippen molar-refractivity contribution in [1.82, 2.24) is 25.7 Å². The van der Waals surface area contributed by atoms with Crippen molar-refractivity contribution in [3.63, 3.8) is 0 Å². The van der Waals surface area contributed by atoms with Crippen molar-refractivity contribution in [1.29, 1.82) is 0 Å². The molecule has 2 aliphatic rings. The van der Waals surface area contributed by atoms with E-state index in [1.165, 1.54) is 12.1 Å². The van der Waals surface area contributed by atoms with Crippen LogP contribution in [0.2, 0.25) is 0 Å². The van der Waals surface area contributed by atoms with Crippen molar-refractivity contribution in [2.45, 2.75) is 38.1 Å². The van der Waals surface area contributed by atoms with Crippen molar-refractivity contribution in [3.05, 3.63) is 65.1 Å². The highest BCUT2D eigenvalue weighted by atomic mass is 19.1. The van der Waals surface area contributed by atoms with Gasteiger partial charge in [-0.25, -0.2) is 9.18 Å². The van der Waals surface area contributed by atoms with Crippen LogP contribution in [0.3, 0.4) is 0 Å². The van der Waals surface area contributed by atoms with E-state index in [0.29, 0.717) is 29.7 Å². The third-order valence-corrected chi connectivity index (χ3v) is 7.09. The van der Waals surface area contributed by atoms with Gasteiger partial charge in [-0.15, -0.1) is 0 Å². The van der Waals surface area contributed by atoms with Crippen LogP contribution in [0.1, 0.15) is 54.2 Å². The Morgan fingerprint density at radius 3 is 2.44 bits per heavy atom. The third kappa shape index (κ3) is 3.52. The van der Waals surface area contributed by atoms with Crippen LogP contribution in [0.15, 0.2) is 42.5 Å². The maximum Gasteiger partial charge on any atom is 0.322 e. The summed E-state index contributed by atoms with van der Waals surface area (Å²) in [4.78, 5) is 39.3. The molecule has 176 valence electrons. The fourth-order valence-electron chi connectivity index (χ4n) is 5.16. The number of carbonyl (C=O) groups is 3. The zero-order chi connectivity index (χ0) is 24.0. The van der Waals surface area contributed by atoms with Crippen molar-refractivity contribution in [3.8, 4) is 0 Å². The molecule has 1 atom stereocenters. The van der Waals surface area contributed by atoms with Gasteiger partial charge in [0.25, 0.3) is 11.8 Å². The number of hydrogen-bond donors (Lipinski definition) is 3. The van der Waals surface area contributed by atoms with E-state index < -0.39 is 11.6 Å². The van der Waals surface area contributed by atoms with Crippen LogP contribution in [-0.2, 0) is 10.3 Å². The minimum absolute atomic E-state index is 0.0694. The number of benzene rings is 2. The second kappa shape index (κ2) is 8.23. The van der Waals surface area contributed by atoms with Crippen LogP contribution in [0, 0.1) is 11.7 Å². The molecule has 9 heteroatoms. The number of imide groups is 1. The molecule has 2 aliphatic heterocycles. The van der Waals surface area contributed by atoms with E-state index in [2.05, 4.69) is 20.8 Å². The van der Waals surface area contributed by atoms with Gasteiger partial charge in [0.05, 0.1) is 5.52 Å². The topological polar surface area (TPSA) is 107 Å². The summed E-state index contributed by atoms with van der Waals surface area (Å²) >= 11 is 0. The number of amides is 4. The summed E-state index contributed by atoms with van der Waals surface area (Å²) in [6.07, 6.45) is 1.56. The molecule has 34 heavy (non-hydrogen) atoms. The predicted molar refractivity (Wildman–Crippen MR) is 124 cm³/mol. The summed E-state index contributed by atoms with van der Waals surface area (Å²) in [6.45, 7) is 4.93. The smallest absolute Gasteiger partial charge is 0.322 e. The maximum absolute atomic E-state index is 13.5. The number of H-pyrrole nitrogens is 1. The molecule has 2 aromatic carbocycles. The van der Waals surface area contributed by atoms with Gasteiger partial charge in [-0.3, -0.25) is 20.0 Å². The quantitative estimate of drug-likeness (QED) is 0.516. The van der Waals surface area contributed by atoms with Gasteiger partial charge in [0.15, 0.2) is 0 Å². The standard InChI is InChI=1S/C25H26FN5O3/c1-14(2)25(23(33)27-24(34)28-25)17-5-3-16(4-6-17)22(32)31-11-9-15(10-12-31)21-19-8-7-18(26)13-20(19)29-30-21/h3-8,13-15H,9-12H2,1-2H3,(H,29,30)(H2,27,28,33,34)/t25-/m1/s1. The van der Waals surface area contributed by atoms with Gasteiger partial charge in [-0.2, -0.15) is 5.10 Å². The zero-order valence-electron chi connectivity index (χ0n) is 19.0. The lowest BCUT2D eigenvalue weighted by Gasteiger charge is -2.32. The first-order valence-corrected chi connectivity index (χ1v) is 11.5. The minimum atomic E-state index is -1.15. The number of likely N-dealkylation sites (tertiary alicyclic amines) is 1. The summed E-state index contributed by atoms with van der Waals surface area (Å²) in [5, 5.41) is 13.3. The maximum atomic E-state index is 13.5. The first-order chi connectivity index (χ1) is 16.3. The number of nitrogens with zero attached hydrogens (tertiary/aromatic N) is 2. The van der Waals surface area contributed by atoms with E-state index in [4.69, 9.17) is 0 Å². The predicted octanol–water partition coefficient (Wildman–Crippen LogP) is 3.41. The molecule has 5 rings (SSSR count). The first-order valence-electron chi connectivity index (χ1n) is 11.5. The molecule has 2 saturated heterocycles. The first kappa shape index (κ1) is 22.1. The Labute approximate surface area is 195 Å². The van der Waals surface area contributed by atoms with Crippen molar-refractivity contribution in [2.75, 3.05) is 13.1 Å². The number of rotatable bonds is 4. The number of piperidine rings is 1. The fraction of sp³-hybridized carbons (Fsp3) is 0.360. The van der Waals surface area contributed by atoms with Crippen molar-refractivity contribution < 1.29 is 18.8 Å². The van der Waals surface area contributed by atoms with Crippen LogP contribution in [-0.4, -0.2) is 46.0 Å². The Balaban J connectivity index is 1.28. The lowest BCUT2D eigenvalue weighted by molar-refractivity contribution is -0.125. The van der Waals surface area contributed by atoms with E-state index in [1.54, 1.807) is 30.3 Å². The van der Waals surface area contributed by atoms with Gasteiger partial charge < -0.3 is 10.2 Å². The normalized spacial score (nSPS) is 21.2. The Morgan fingerprint density at radius 1 is 1.12 bits per heavy atom. The summed E-state index contributed by atoms with van der Waals surface area (Å²) in [6, 6.07) is 11.0. The highest BCUT2D eigenvalue weighted by Gasteiger charge is 2.50. The highest BCUT2D eigenvalue weighted by Crippen LogP contribution is 2.34. The molecule has 3 N–H and O–H groups in total. The fourth-order valence-corrected chi connectivity index (χ4v) is 5.16. The van der Waals surface area contributed by atoms with Gasteiger partial charge in [-0.1, -0.05) is 26.0 Å². The van der Waals surface area contributed by atoms with E-state index in [0.717, 1.165) is 23.9 Å². The van der Waals surface area contributed by atoms with Gasteiger partial charge in [0, 0.05) is 41.7 Å². The van der Waals surface area contributed by atoms with Gasteiger partial charge >= 0.3 is 6.03 Å². The molecule has 0 unspecified atom stereocenters. The van der Waals surface area contributed by atoms with E-state index in [1.807, 2.05) is 18.7 Å². The number of carbonyl (C=O) groups excluding carboxylic acids is 3. The van der Waals surface area contributed by atoms with Gasteiger partial charge in [0.2, 0.25) is 0 Å². The lowest BCUT2D eigenvalue weighted by Crippen LogP contribution is -2.48. The van der Waals surface area contributed by atoms with Crippen LogP contribution in [0.4, 0.5) is 9.18 Å². The molecule has 0 bridgehead atoms. The summed E-state index contributed by atoms with van der Waals surface area (Å²) in [7, 11) is 0. The zero-order valence-corrected chi connectivity index (χ0v) is 19.0. The molecule has 3 aromatic rings. The number of fused-ring (bicyclic) bond motifs is 1. The molecule has 0 spiro atoms. The molecule has 0 aliphatic carbocycles. The molecule has 3 heterocycles. The highest BCUT2D eigenvalue weighted by molar-refractivity contribution is 6.07. The monoisotopic (exact) mass is 463 g/mol. The largest absolute Gasteiger partial charge is 0.339 e. The van der Waals surface area contributed by atoms with Crippen LogP contribution >= 0.6 is 0 Å². The van der Waals surface area contributed by atoms with Gasteiger partial charge in [-0.05, 0) is 48.6 Å². The van der Waals surface area contributed by atoms with E-state index in [9.17, 15) is 18.8 Å². The number of urea groups is 1. The third-order valence-electron chi connectivity index (χ3n) is 7.09. The number of halogens is 1. The Hall–Kier alpha value is -3.75. The average Bonchev–Trinajstić information content (AvgIpc) is 3.38. The average molecular weight is 464 g/mol. The van der Waals surface area contributed by atoms with Crippen molar-refractivity contribution in [2.24, 2.45) is 5.92 Å². The molecule has 0 radical (unpaired) electrons. The second-order valence-electron chi connectivity index (χ2n) is 9.31. The van der Waals surface area contributed by atoms with Crippen LogP contribution < -0.4 is 10.6 Å². The molecule has 1 aromatic heterocycles. The summed E-state index contributed by atoms with van der Waals surface area (Å²) in [5.74, 6) is -0.720. The molecular formula is C25H26FN5O3. The summed E-state index contributed by atoms with van der Waals surface area (Å²) in [5.41, 5.74) is 1.63. The van der Waals surface area contributed by atoms with E-state index in [-0.39, 0.29) is 29.5 Å². The number of hydrogen-bond acceptors (Lipinski definition) is 4. The summed E-state index contributed by atoms with van der Waals surface area (Å²) < 4.78 is 13.5. The second-order valence-corrected chi connectivity index (χ2v) is 9.31. The number of nitrogens with one attached hydrogen (secondary N) is 3. The molecular weight excluding hydrogens is 437 g/mol. The lowest BCUT2D eigenvalue weighted by atomic mass is 9.79. The Kier molecular flexibility index (Phi) is 5.34. The number of aromatic nitrogens is 2.